The van der Waals surface area contributed by atoms with Crippen LogP contribution in [0.3, 0.4) is 0 Å². The number of nitrogens with one attached hydrogen (secondary N) is 1. The average molecular weight is 398 g/mol. The lowest BCUT2D eigenvalue weighted by Crippen LogP contribution is -2.38. The molecule has 0 spiro atoms. The standard InChI is InChI=1S/C21H23N3O3S/c1-26-16-7-5-8-17(27-2)19(16)23-20(25)14-10-12-24(13-11-14)21-22-15-6-3-4-9-18(15)28-21/h3-9,14H,10-13H2,1-2H3,(H,23,25). The Morgan fingerprint density at radius 3 is 2.39 bits per heavy atom. The molecule has 7 heteroatoms. The number of piperidine rings is 1. The number of amides is 1. The fourth-order valence-electron chi connectivity index (χ4n) is 3.53. The number of thiazole rings is 1. The van der Waals surface area contributed by atoms with Crippen LogP contribution in [0.25, 0.3) is 10.2 Å². The second kappa shape index (κ2) is 8.06. The van der Waals surface area contributed by atoms with E-state index in [1.54, 1.807) is 25.6 Å². The maximum Gasteiger partial charge on any atom is 0.227 e. The topological polar surface area (TPSA) is 63.7 Å². The second-order valence-electron chi connectivity index (χ2n) is 6.75. The van der Waals surface area contributed by atoms with E-state index in [0.29, 0.717) is 17.2 Å². The molecular formula is C21H23N3O3S. The van der Waals surface area contributed by atoms with Crippen LogP contribution in [-0.4, -0.2) is 38.2 Å². The molecule has 1 aliphatic heterocycles. The summed E-state index contributed by atoms with van der Waals surface area (Å²) in [6, 6.07) is 13.6. The van der Waals surface area contributed by atoms with Crippen molar-refractivity contribution in [2.45, 2.75) is 12.8 Å². The van der Waals surface area contributed by atoms with Crippen molar-refractivity contribution in [3.8, 4) is 11.5 Å². The number of methoxy groups -OCH3 is 2. The number of aromatic nitrogens is 1. The van der Waals surface area contributed by atoms with Crippen LogP contribution in [0.5, 0.6) is 11.5 Å². The van der Waals surface area contributed by atoms with E-state index in [1.807, 2.05) is 36.4 Å². The first-order valence-electron chi connectivity index (χ1n) is 9.32. The number of carbonyl (C=O) groups is 1. The van der Waals surface area contributed by atoms with Crippen molar-refractivity contribution < 1.29 is 14.3 Å². The lowest BCUT2D eigenvalue weighted by Gasteiger charge is -2.31. The molecule has 4 rings (SSSR count). The Hall–Kier alpha value is -2.80. The number of rotatable bonds is 5. The summed E-state index contributed by atoms with van der Waals surface area (Å²) in [5.74, 6) is 1.16. The van der Waals surface area contributed by atoms with Gasteiger partial charge in [0.25, 0.3) is 0 Å². The third kappa shape index (κ3) is 3.62. The first-order valence-corrected chi connectivity index (χ1v) is 10.1. The van der Waals surface area contributed by atoms with Crippen LogP contribution in [0.4, 0.5) is 10.8 Å². The number of ether oxygens (including phenoxy) is 2. The van der Waals surface area contributed by atoms with Gasteiger partial charge in [0, 0.05) is 19.0 Å². The van der Waals surface area contributed by atoms with Crippen molar-refractivity contribution in [2.24, 2.45) is 5.92 Å². The van der Waals surface area contributed by atoms with E-state index in [1.165, 1.54) is 4.70 Å². The smallest absolute Gasteiger partial charge is 0.227 e. The van der Waals surface area contributed by atoms with E-state index in [4.69, 9.17) is 14.5 Å². The zero-order chi connectivity index (χ0) is 19.5. The lowest BCUT2D eigenvalue weighted by atomic mass is 9.96. The quantitative estimate of drug-likeness (QED) is 0.700. The first-order chi connectivity index (χ1) is 13.7. The maximum atomic E-state index is 12.8. The Morgan fingerprint density at radius 1 is 1.07 bits per heavy atom. The van der Waals surface area contributed by atoms with Crippen LogP contribution in [0, 0.1) is 5.92 Å². The molecular weight excluding hydrogens is 374 g/mol. The largest absolute Gasteiger partial charge is 0.494 e. The number of benzene rings is 2. The molecule has 1 N–H and O–H groups in total. The third-order valence-corrected chi connectivity index (χ3v) is 6.19. The monoisotopic (exact) mass is 397 g/mol. The molecule has 0 unspecified atom stereocenters. The second-order valence-corrected chi connectivity index (χ2v) is 7.76. The van der Waals surface area contributed by atoms with Gasteiger partial charge in [0.05, 0.1) is 24.4 Å². The van der Waals surface area contributed by atoms with Crippen molar-refractivity contribution in [1.29, 1.82) is 0 Å². The highest BCUT2D eigenvalue weighted by Gasteiger charge is 2.27. The van der Waals surface area contributed by atoms with E-state index in [2.05, 4.69) is 16.3 Å². The Labute approximate surface area is 168 Å². The van der Waals surface area contributed by atoms with Crippen molar-refractivity contribution in [1.82, 2.24) is 4.98 Å². The number of hydrogen-bond donors (Lipinski definition) is 1. The number of nitrogens with zero attached hydrogens (tertiary/aromatic N) is 2. The normalized spacial score (nSPS) is 14.9. The van der Waals surface area contributed by atoms with Gasteiger partial charge in [-0.3, -0.25) is 4.79 Å². The minimum absolute atomic E-state index is 0.00625. The number of fused-ring (bicyclic) bond motifs is 1. The van der Waals surface area contributed by atoms with Crippen LogP contribution < -0.4 is 19.7 Å². The number of anilines is 2. The molecule has 0 bridgehead atoms. The maximum absolute atomic E-state index is 12.8. The summed E-state index contributed by atoms with van der Waals surface area (Å²) in [4.78, 5) is 19.8. The molecule has 1 aliphatic rings. The summed E-state index contributed by atoms with van der Waals surface area (Å²) in [7, 11) is 3.17. The molecule has 1 fully saturated rings. The van der Waals surface area contributed by atoms with Gasteiger partial charge in [-0.1, -0.05) is 29.5 Å². The fourth-order valence-corrected chi connectivity index (χ4v) is 4.55. The van der Waals surface area contributed by atoms with Crippen molar-refractivity contribution in [3.05, 3.63) is 42.5 Å². The highest BCUT2D eigenvalue weighted by atomic mass is 32.1. The van der Waals surface area contributed by atoms with Gasteiger partial charge < -0.3 is 19.7 Å². The molecule has 0 radical (unpaired) electrons. The summed E-state index contributed by atoms with van der Waals surface area (Å²) in [5.41, 5.74) is 1.62. The average Bonchev–Trinajstić information content (AvgIpc) is 3.18. The van der Waals surface area contributed by atoms with Gasteiger partial charge >= 0.3 is 0 Å². The van der Waals surface area contributed by atoms with E-state index in [9.17, 15) is 4.79 Å². The van der Waals surface area contributed by atoms with E-state index >= 15 is 0 Å². The van der Waals surface area contributed by atoms with Crippen LogP contribution in [0.15, 0.2) is 42.5 Å². The van der Waals surface area contributed by atoms with Crippen LogP contribution >= 0.6 is 11.3 Å². The molecule has 0 aliphatic carbocycles. The van der Waals surface area contributed by atoms with Crippen LogP contribution in [0.2, 0.25) is 0 Å². The lowest BCUT2D eigenvalue weighted by molar-refractivity contribution is -0.120. The van der Waals surface area contributed by atoms with Crippen LogP contribution in [0.1, 0.15) is 12.8 Å². The molecule has 1 amide bonds. The molecule has 0 saturated carbocycles. The summed E-state index contributed by atoms with van der Waals surface area (Å²) in [6.45, 7) is 1.64. The third-order valence-electron chi connectivity index (χ3n) is 5.09. The Kier molecular flexibility index (Phi) is 5.34. The van der Waals surface area contributed by atoms with Gasteiger partial charge in [0.2, 0.25) is 5.91 Å². The van der Waals surface area contributed by atoms with Gasteiger partial charge in [-0.15, -0.1) is 0 Å². The Morgan fingerprint density at radius 2 is 1.75 bits per heavy atom. The SMILES string of the molecule is COc1cccc(OC)c1NC(=O)C1CCN(c2nc3ccccc3s2)CC1. The van der Waals surface area contributed by atoms with Crippen molar-refractivity contribution in [3.63, 3.8) is 0 Å². The van der Waals surface area contributed by atoms with Crippen LogP contribution in [-0.2, 0) is 4.79 Å². The zero-order valence-electron chi connectivity index (χ0n) is 16.0. The summed E-state index contributed by atoms with van der Waals surface area (Å²) in [6.07, 6.45) is 1.58. The minimum atomic E-state index is -0.0414. The molecule has 2 heterocycles. The van der Waals surface area contributed by atoms with Gasteiger partial charge in [-0.2, -0.15) is 0 Å². The van der Waals surface area contributed by atoms with E-state index in [0.717, 1.165) is 36.6 Å². The zero-order valence-corrected chi connectivity index (χ0v) is 16.8. The van der Waals surface area contributed by atoms with Crippen molar-refractivity contribution >= 4 is 38.3 Å². The fraction of sp³-hybridized carbons (Fsp3) is 0.333. The summed E-state index contributed by atoms with van der Waals surface area (Å²) < 4.78 is 11.9. The van der Waals surface area contributed by atoms with E-state index < -0.39 is 0 Å². The molecule has 146 valence electrons. The molecule has 2 aromatic carbocycles. The number of carbonyl (C=O) groups excluding carboxylic acids is 1. The molecule has 0 atom stereocenters. The highest BCUT2D eigenvalue weighted by Crippen LogP contribution is 2.36. The molecule has 3 aromatic rings. The summed E-state index contributed by atoms with van der Waals surface area (Å²) >= 11 is 1.71. The highest BCUT2D eigenvalue weighted by molar-refractivity contribution is 7.22. The van der Waals surface area contributed by atoms with Crippen molar-refractivity contribution in [2.75, 3.05) is 37.5 Å². The van der Waals surface area contributed by atoms with Gasteiger partial charge in [-0.25, -0.2) is 4.98 Å². The van der Waals surface area contributed by atoms with Gasteiger partial charge in [0.15, 0.2) is 5.13 Å². The Balaban J connectivity index is 1.42. The summed E-state index contributed by atoms with van der Waals surface area (Å²) in [5, 5.41) is 4.04. The molecule has 6 nitrogen and oxygen atoms in total. The minimum Gasteiger partial charge on any atom is -0.494 e. The van der Waals surface area contributed by atoms with Gasteiger partial charge in [-0.05, 0) is 37.1 Å². The Bertz CT molecular complexity index is 925. The van der Waals surface area contributed by atoms with E-state index in [-0.39, 0.29) is 11.8 Å². The first kappa shape index (κ1) is 18.6. The molecule has 28 heavy (non-hydrogen) atoms. The molecule has 1 saturated heterocycles. The predicted molar refractivity (Wildman–Crippen MR) is 113 cm³/mol. The number of hydrogen-bond acceptors (Lipinski definition) is 6. The molecule has 1 aromatic heterocycles. The number of para-hydroxylation sites is 2. The predicted octanol–water partition coefficient (Wildman–Crippen LogP) is 4.17. The van der Waals surface area contributed by atoms with Gasteiger partial charge in [0.1, 0.15) is 17.2 Å².